The van der Waals surface area contributed by atoms with Crippen LogP contribution < -0.4 is 10.0 Å². The van der Waals surface area contributed by atoms with Gasteiger partial charge in [0.25, 0.3) is 15.9 Å². The van der Waals surface area contributed by atoms with Gasteiger partial charge in [-0.15, -0.1) is 0 Å². The summed E-state index contributed by atoms with van der Waals surface area (Å²) >= 11 is 6.10. The maximum absolute atomic E-state index is 12.6. The van der Waals surface area contributed by atoms with Crippen LogP contribution in [-0.4, -0.2) is 44.1 Å². The number of nitrogens with zero attached hydrogens (tertiary/aromatic N) is 1. The zero-order valence-corrected chi connectivity index (χ0v) is 18.4. The molecular weight excluding hydrogens is 442 g/mol. The Hall–Kier alpha value is -2.91. The molecule has 0 aromatic heterocycles. The summed E-state index contributed by atoms with van der Waals surface area (Å²) in [5, 5.41) is 3.17. The van der Waals surface area contributed by atoms with E-state index in [1.165, 1.54) is 24.3 Å². The average Bonchev–Trinajstić information content (AvgIpc) is 2.73. The average molecular weight is 464 g/mol. The van der Waals surface area contributed by atoms with Crippen LogP contribution in [0.1, 0.15) is 30.1 Å². The second kappa shape index (κ2) is 9.49. The number of benzene rings is 2. The first-order valence-corrected chi connectivity index (χ1v) is 11.5. The van der Waals surface area contributed by atoms with E-state index in [9.17, 15) is 22.8 Å². The standard InChI is InChI=1S/C21H22ClN3O5S/c1-14(26)24-31(29,30)17-8-6-16(7-9-17)23-20(27)15-10-12-25(13-11-15)21(28)18-4-2-3-5-19(18)22/h2-9,15H,10-13H2,1H3,(H,23,27)(H,24,26). The Morgan fingerprint density at radius 3 is 2.19 bits per heavy atom. The van der Waals surface area contributed by atoms with Crippen molar-refractivity contribution < 1.29 is 22.8 Å². The molecule has 1 saturated heterocycles. The maximum atomic E-state index is 12.6. The summed E-state index contributed by atoms with van der Waals surface area (Å²) in [5.74, 6) is -1.29. The highest BCUT2D eigenvalue weighted by atomic mass is 35.5. The van der Waals surface area contributed by atoms with Gasteiger partial charge in [-0.05, 0) is 49.2 Å². The number of halogens is 1. The smallest absolute Gasteiger partial charge is 0.264 e. The number of anilines is 1. The fraction of sp³-hybridized carbons (Fsp3) is 0.286. The van der Waals surface area contributed by atoms with Gasteiger partial charge in [0.1, 0.15) is 0 Å². The Morgan fingerprint density at radius 1 is 1.00 bits per heavy atom. The van der Waals surface area contributed by atoms with Gasteiger partial charge in [0, 0.05) is 31.6 Å². The predicted octanol–water partition coefficient (Wildman–Crippen LogP) is 2.66. The predicted molar refractivity (Wildman–Crippen MR) is 116 cm³/mol. The number of likely N-dealkylation sites (tertiary alicyclic amines) is 1. The van der Waals surface area contributed by atoms with E-state index < -0.39 is 15.9 Å². The number of carbonyl (C=O) groups excluding carboxylic acids is 3. The van der Waals surface area contributed by atoms with Gasteiger partial charge < -0.3 is 10.2 Å². The molecule has 0 unspecified atom stereocenters. The molecule has 0 radical (unpaired) electrons. The van der Waals surface area contributed by atoms with Crippen molar-refractivity contribution >= 4 is 45.0 Å². The lowest BCUT2D eigenvalue weighted by Gasteiger charge is -2.31. The molecule has 8 nitrogen and oxygen atoms in total. The lowest BCUT2D eigenvalue weighted by molar-refractivity contribution is -0.121. The summed E-state index contributed by atoms with van der Waals surface area (Å²) in [5.41, 5.74) is 0.891. The molecule has 3 rings (SSSR count). The van der Waals surface area contributed by atoms with Gasteiger partial charge in [-0.2, -0.15) is 0 Å². The number of nitrogens with one attached hydrogen (secondary N) is 2. The summed E-state index contributed by atoms with van der Waals surface area (Å²) < 4.78 is 25.8. The van der Waals surface area contributed by atoms with E-state index >= 15 is 0 Å². The van der Waals surface area contributed by atoms with Gasteiger partial charge in [0.05, 0.1) is 15.5 Å². The van der Waals surface area contributed by atoms with Crippen molar-refractivity contribution in [3.8, 4) is 0 Å². The topological polar surface area (TPSA) is 113 Å². The molecule has 1 heterocycles. The first kappa shape index (κ1) is 22.8. The van der Waals surface area contributed by atoms with Gasteiger partial charge in [-0.3, -0.25) is 14.4 Å². The van der Waals surface area contributed by atoms with Gasteiger partial charge in [0.2, 0.25) is 11.8 Å². The number of sulfonamides is 1. The maximum Gasteiger partial charge on any atom is 0.264 e. The zero-order valence-electron chi connectivity index (χ0n) is 16.8. The van der Waals surface area contributed by atoms with Crippen LogP contribution >= 0.6 is 11.6 Å². The van der Waals surface area contributed by atoms with Crippen molar-refractivity contribution in [1.29, 1.82) is 0 Å². The highest BCUT2D eigenvalue weighted by Gasteiger charge is 2.28. The number of carbonyl (C=O) groups is 3. The van der Waals surface area contributed by atoms with E-state index in [2.05, 4.69) is 5.32 Å². The molecule has 0 bridgehead atoms. The Balaban J connectivity index is 1.56. The molecule has 0 spiro atoms. The number of rotatable bonds is 5. The molecule has 2 N–H and O–H groups in total. The summed E-state index contributed by atoms with van der Waals surface area (Å²) in [6, 6.07) is 12.4. The molecule has 1 aliphatic rings. The van der Waals surface area contributed by atoms with E-state index in [0.29, 0.717) is 42.2 Å². The minimum Gasteiger partial charge on any atom is -0.339 e. The van der Waals surface area contributed by atoms with Crippen LogP contribution in [0, 0.1) is 5.92 Å². The molecule has 10 heteroatoms. The monoisotopic (exact) mass is 463 g/mol. The van der Waals surface area contributed by atoms with Gasteiger partial charge >= 0.3 is 0 Å². The molecule has 1 aliphatic heterocycles. The largest absolute Gasteiger partial charge is 0.339 e. The second-order valence-corrected chi connectivity index (χ2v) is 9.31. The lowest BCUT2D eigenvalue weighted by atomic mass is 9.95. The van der Waals surface area contributed by atoms with Gasteiger partial charge in [0.15, 0.2) is 0 Å². The Bertz CT molecular complexity index is 1090. The van der Waals surface area contributed by atoms with Crippen molar-refractivity contribution in [3.05, 3.63) is 59.1 Å². The molecule has 2 aromatic carbocycles. The molecule has 0 atom stereocenters. The SMILES string of the molecule is CC(=O)NS(=O)(=O)c1ccc(NC(=O)C2CCN(C(=O)c3ccccc3Cl)CC2)cc1. The molecule has 0 aliphatic carbocycles. The summed E-state index contributed by atoms with van der Waals surface area (Å²) in [4.78, 5) is 37.8. The third-order valence-electron chi connectivity index (χ3n) is 4.97. The van der Waals surface area contributed by atoms with Crippen molar-refractivity contribution in [1.82, 2.24) is 9.62 Å². The van der Waals surface area contributed by atoms with Crippen molar-refractivity contribution in [2.75, 3.05) is 18.4 Å². The van der Waals surface area contributed by atoms with E-state index in [1.54, 1.807) is 29.2 Å². The van der Waals surface area contributed by atoms with Crippen molar-refractivity contribution in [2.45, 2.75) is 24.7 Å². The molecule has 0 saturated carbocycles. The Kier molecular flexibility index (Phi) is 6.97. The number of amides is 3. The first-order valence-electron chi connectivity index (χ1n) is 9.65. The van der Waals surface area contributed by atoms with Crippen LogP contribution in [0.25, 0.3) is 0 Å². The molecule has 3 amide bonds. The van der Waals surface area contributed by atoms with Crippen molar-refractivity contribution in [3.63, 3.8) is 0 Å². The normalized spacial score (nSPS) is 14.7. The molecule has 31 heavy (non-hydrogen) atoms. The highest BCUT2D eigenvalue weighted by molar-refractivity contribution is 7.90. The molecule has 164 valence electrons. The molecule has 1 fully saturated rings. The third kappa shape index (κ3) is 5.62. The van der Waals surface area contributed by atoms with Crippen LogP contribution in [0.2, 0.25) is 5.02 Å². The van der Waals surface area contributed by atoms with E-state index in [4.69, 9.17) is 11.6 Å². The molecular formula is C21H22ClN3O5S. The summed E-state index contributed by atoms with van der Waals surface area (Å²) in [7, 11) is -3.92. The minimum atomic E-state index is -3.92. The van der Waals surface area contributed by atoms with Crippen LogP contribution in [0.15, 0.2) is 53.4 Å². The summed E-state index contributed by atoms with van der Waals surface area (Å²) in [6.45, 7) is 1.99. The quantitative estimate of drug-likeness (QED) is 0.707. The van der Waals surface area contributed by atoms with Gasteiger partial charge in [-0.1, -0.05) is 23.7 Å². The second-order valence-electron chi connectivity index (χ2n) is 7.22. The first-order chi connectivity index (χ1) is 14.7. The van der Waals surface area contributed by atoms with E-state index in [0.717, 1.165) is 6.92 Å². The van der Waals surface area contributed by atoms with Crippen LogP contribution in [-0.2, 0) is 19.6 Å². The Labute approximate surface area is 185 Å². The highest BCUT2D eigenvalue weighted by Crippen LogP contribution is 2.24. The van der Waals surface area contributed by atoms with Gasteiger partial charge in [-0.25, -0.2) is 13.1 Å². The number of piperidine rings is 1. The van der Waals surface area contributed by atoms with E-state index in [-0.39, 0.29) is 22.6 Å². The number of hydrogen-bond acceptors (Lipinski definition) is 5. The van der Waals surface area contributed by atoms with Crippen LogP contribution in [0.3, 0.4) is 0 Å². The van der Waals surface area contributed by atoms with Crippen molar-refractivity contribution in [2.24, 2.45) is 5.92 Å². The fourth-order valence-corrected chi connectivity index (χ4v) is 4.57. The molecule has 2 aromatic rings. The minimum absolute atomic E-state index is 0.0768. The fourth-order valence-electron chi connectivity index (χ4n) is 3.36. The van der Waals surface area contributed by atoms with E-state index in [1.807, 2.05) is 4.72 Å². The van der Waals surface area contributed by atoms with Crippen LogP contribution in [0.4, 0.5) is 5.69 Å². The number of hydrogen-bond donors (Lipinski definition) is 2. The summed E-state index contributed by atoms with van der Waals surface area (Å²) in [6.07, 6.45) is 1.02. The van der Waals surface area contributed by atoms with Crippen LogP contribution in [0.5, 0.6) is 0 Å². The third-order valence-corrected chi connectivity index (χ3v) is 6.75. The lowest BCUT2D eigenvalue weighted by Crippen LogP contribution is -2.41. The zero-order chi connectivity index (χ0) is 22.6. The Morgan fingerprint density at radius 2 is 1.61 bits per heavy atom.